The number of aromatic nitrogens is 2. The molecule has 5 heteroatoms. The maximum Gasteiger partial charge on any atom is 0.249 e. The van der Waals surface area contributed by atoms with Crippen LogP contribution in [-0.4, -0.2) is 16.1 Å². The Morgan fingerprint density at radius 3 is 2.72 bits per heavy atom. The van der Waals surface area contributed by atoms with Crippen molar-refractivity contribution < 1.29 is 4.79 Å². The fraction of sp³-hybridized carbons (Fsp3) is 0.0769. The third-order valence-electron chi connectivity index (χ3n) is 2.32. The zero-order valence-corrected chi connectivity index (χ0v) is 9.97. The molecule has 0 fully saturated rings. The van der Waals surface area contributed by atoms with E-state index >= 15 is 0 Å². The number of nitrogens with one attached hydrogen (secondary N) is 2. The Balaban J connectivity index is 1.96. The Morgan fingerprint density at radius 1 is 1.39 bits per heavy atom. The van der Waals surface area contributed by atoms with Crippen molar-refractivity contribution in [3.05, 3.63) is 47.7 Å². The third kappa shape index (κ3) is 3.21. The molecule has 1 heterocycles. The molecular formula is C13H14N4O. The molecule has 5 nitrogen and oxygen atoms in total. The van der Waals surface area contributed by atoms with E-state index in [-0.39, 0.29) is 5.91 Å². The van der Waals surface area contributed by atoms with Gasteiger partial charge in [0.15, 0.2) is 5.82 Å². The predicted octanol–water partition coefficient (Wildman–Crippen LogP) is 1.95. The molecule has 2 rings (SSSR count). The molecule has 0 atom stereocenters. The molecule has 1 aromatic heterocycles. The number of nitrogen functional groups attached to an aromatic ring is 1. The molecule has 2 aromatic rings. The average molecular weight is 242 g/mol. The van der Waals surface area contributed by atoms with Crippen molar-refractivity contribution in [2.24, 2.45) is 0 Å². The van der Waals surface area contributed by atoms with Gasteiger partial charge in [0.1, 0.15) is 0 Å². The fourth-order valence-corrected chi connectivity index (χ4v) is 1.43. The topological polar surface area (TPSA) is 83.8 Å². The number of benzene rings is 1. The molecule has 0 aliphatic carbocycles. The number of amides is 1. The summed E-state index contributed by atoms with van der Waals surface area (Å²) in [5, 5.41) is 9.32. The molecule has 0 saturated heterocycles. The van der Waals surface area contributed by atoms with E-state index in [1.807, 2.05) is 19.1 Å². The van der Waals surface area contributed by atoms with Crippen molar-refractivity contribution in [2.75, 3.05) is 11.1 Å². The number of carbonyl (C=O) groups excluding carboxylic acids is 1. The first kappa shape index (κ1) is 11.9. The maximum atomic E-state index is 11.6. The van der Waals surface area contributed by atoms with E-state index in [2.05, 4.69) is 15.5 Å². The lowest BCUT2D eigenvalue weighted by molar-refractivity contribution is -0.111. The summed E-state index contributed by atoms with van der Waals surface area (Å²) in [6.07, 6.45) is 3.17. The third-order valence-corrected chi connectivity index (χ3v) is 2.32. The van der Waals surface area contributed by atoms with Crippen LogP contribution in [0.2, 0.25) is 0 Å². The minimum absolute atomic E-state index is 0.224. The summed E-state index contributed by atoms with van der Waals surface area (Å²) in [5.74, 6) is 0.290. The standard InChI is InChI=1S/C13H14N4O/c1-9-8-12(17-16-9)15-13(18)7-4-10-2-5-11(14)6-3-10/h2-8H,14H2,1H3,(H2,15,16,17,18)/b7-4+. The van der Waals surface area contributed by atoms with Crippen LogP contribution in [0.5, 0.6) is 0 Å². The van der Waals surface area contributed by atoms with Gasteiger partial charge in [-0.15, -0.1) is 0 Å². The van der Waals surface area contributed by atoms with E-state index in [9.17, 15) is 4.79 Å². The number of nitrogens with two attached hydrogens (primary N) is 1. The van der Waals surface area contributed by atoms with E-state index in [4.69, 9.17) is 5.73 Å². The van der Waals surface area contributed by atoms with Crippen LogP contribution in [0.15, 0.2) is 36.4 Å². The van der Waals surface area contributed by atoms with Crippen LogP contribution in [0.25, 0.3) is 6.08 Å². The van der Waals surface area contributed by atoms with Gasteiger partial charge >= 0.3 is 0 Å². The Labute approximate surface area is 105 Å². The second-order valence-corrected chi connectivity index (χ2v) is 3.93. The van der Waals surface area contributed by atoms with Crippen LogP contribution in [-0.2, 0) is 4.79 Å². The highest BCUT2D eigenvalue weighted by Crippen LogP contribution is 2.08. The summed E-state index contributed by atoms with van der Waals surface area (Å²) in [6.45, 7) is 1.87. The Hall–Kier alpha value is -2.56. The Kier molecular flexibility index (Phi) is 3.43. The zero-order chi connectivity index (χ0) is 13.0. The fourth-order valence-electron chi connectivity index (χ4n) is 1.43. The van der Waals surface area contributed by atoms with E-state index in [0.717, 1.165) is 11.3 Å². The van der Waals surface area contributed by atoms with Crippen molar-refractivity contribution in [3.63, 3.8) is 0 Å². The molecule has 0 saturated carbocycles. The van der Waals surface area contributed by atoms with Gasteiger partial charge in [0, 0.05) is 23.5 Å². The number of carbonyl (C=O) groups is 1. The first-order valence-electron chi connectivity index (χ1n) is 5.50. The average Bonchev–Trinajstić information content (AvgIpc) is 2.74. The van der Waals surface area contributed by atoms with Crippen LogP contribution < -0.4 is 11.1 Å². The first-order valence-corrected chi connectivity index (χ1v) is 5.50. The van der Waals surface area contributed by atoms with Crippen LogP contribution >= 0.6 is 0 Å². The summed E-state index contributed by atoms with van der Waals surface area (Å²) in [4.78, 5) is 11.6. The Bertz CT molecular complexity index is 569. The molecule has 1 aromatic carbocycles. The second kappa shape index (κ2) is 5.18. The maximum absolute atomic E-state index is 11.6. The van der Waals surface area contributed by atoms with Crippen LogP contribution in [0.1, 0.15) is 11.3 Å². The van der Waals surface area contributed by atoms with Gasteiger partial charge in [-0.1, -0.05) is 12.1 Å². The number of hydrogen-bond donors (Lipinski definition) is 3. The Morgan fingerprint density at radius 2 is 2.11 bits per heavy atom. The number of rotatable bonds is 3. The highest BCUT2D eigenvalue weighted by molar-refractivity contribution is 6.01. The van der Waals surface area contributed by atoms with Gasteiger partial charge in [0.2, 0.25) is 5.91 Å². The minimum Gasteiger partial charge on any atom is -0.399 e. The van der Waals surface area contributed by atoms with E-state index < -0.39 is 0 Å². The summed E-state index contributed by atoms with van der Waals surface area (Å²) in [6, 6.07) is 9.02. The minimum atomic E-state index is -0.224. The van der Waals surface area contributed by atoms with Crippen LogP contribution in [0.3, 0.4) is 0 Å². The van der Waals surface area contributed by atoms with Crippen molar-refractivity contribution in [3.8, 4) is 0 Å². The van der Waals surface area contributed by atoms with Crippen molar-refractivity contribution in [1.29, 1.82) is 0 Å². The van der Waals surface area contributed by atoms with Gasteiger partial charge < -0.3 is 11.1 Å². The van der Waals surface area contributed by atoms with Crippen molar-refractivity contribution in [2.45, 2.75) is 6.92 Å². The van der Waals surface area contributed by atoms with Gasteiger partial charge in [-0.25, -0.2) is 0 Å². The summed E-state index contributed by atoms with van der Waals surface area (Å²) >= 11 is 0. The van der Waals surface area contributed by atoms with Crippen LogP contribution in [0, 0.1) is 6.92 Å². The molecule has 92 valence electrons. The largest absolute Gasteiger partial charge is 0.399 e. The number of aromatic amines is 1. The SMILES string of the molecule is Cc1cc(NC(=O)/C=C/c2ccc(N)cc2)n[nH]1. The summed E-state index contributed by atoms with van der Waals surface area (Å²) in [7, 11) is 0. The monoisotopic (exact) mass is 242 g/mol. The lowest BCUT2D eigenvalue weighted by atomic mass is 10.2. The molecule has 0 bridgehead atoms. The molecule has 0 spiro atoms. The highest BCUT2D eigenvalue weighted by atomic mass is 16.1. The highest BCUT2D eigenvalue weighted by Gasteiger charge is 2.00. The van der Waals surface area contributed by atoms with Crippen LogP contribution in [0.4, 0.5) is 11.5 Å². The molecule has 0 unspecified atom stereocenters. The molecule has 4 N–H and O–H groups in total. The normalized spacial score (nSPS) is 10.7. The van der Waals surface area contributed by atoms with E-state index in [1.165, 1.54) is 6.08 Å². The molecular weight excluding hydrogens is 228 g/mol. The second-order valence-electron chi connectivity index (χ2n) is 3.93. The first-order chi connectivity index (χ1) is 8.63. The van der Waals surface area contributed by atoms with Gasteiger partial charge in [-0.2, -0.15) is 5.10 Å². The number of aryl methyl sites for hydroxylation is 1. The molecule has 0 aliphatic rings. The lowest BCUT2D eigenvalue weighted by Gasteiger charge is -1.96. The van der Waals surface area contributed by atoms with E-state index in [1.54, 1.807) is 24.3 Å². The summed E-state index contributed by atoms with van der Waals surface area (Å²) in [5.41, 5.74) is 8.08. The molecule has 1 amide bonds. The van der Waals surface area contributed by atoms with Gasteiger partial charge in [-0.05, 0) is 30.7 Å². The molecule has 0 radical (unpaired) electrons. The smallest absolute Gasteiger partial charge is 0.249 e. The van der Waals surface area contributed by atoms with Gasteiger partial charge in [-0.3, -0.25) is 9.89 Å². The molecule has 18 heavy (non-hydrogen) atoms. The van der Waals surface area contributed by atoms with Crippen molar-refractivity contribution in [1.82, 2.24) is 10.2 Å². The number of nitrogens with zero attached hydrogens (tertiary/aromatic N) is 1. The predicted molar refractivity (Wildman–Crippen MR) is 71.8 cm³/mol. The number of H-pyrrole nitrogens is 1. The lowest BCUT2D eigenvalue weighted by Crippen LogP contribution is -2.07. The summed E-state index contributed by atoms with van der Waals surface area (Å²) < 4.78 is 0. The molecule has 0 aliphatic heterocycles. The van der Waals surface area contributed by atoms with Gasteiger partial charge in [0.25, 0.3) is 0 Å². The quantitative estimate of drug-likeness (QED) is 0.568. The van der Waals surface area contributed by atoms with E-state index in [0.29, 0.717) is 11.5 Å². The number of hydrogen-bond acceptors (Lipinski definition) is 3. The van der Waals surface area contributed by atoms with Crippen molar-refractivity contribution >= 4 is 23.5 Å². The number of anilines is 2. The zero-order valence-electron chi connectivity index (χ0n) is 9.97. The van der Waals surface area contributed by atoms with Gasteiger partial charge in [0.05, 0.1) is 0 Å².